The highest BCUT2D eigenvalue weighted by molar-refractivity contribution is 6.45. The van der Waals surface area contributed by atoms with Crippen molar-refractivity contribution in [3.63, 3.8) is 0 Å². The molecule has 0 heterocycles. The van der Waals surface area contributed by atoms with E-state index in [2.05, 4.69) is 6.08 Å². The number of allylic oxidation sites excluding steroid dienone is 3. The van der Waals surface area contributed by atoms with E-state index in [4.69, 9.17) is 8.85 Å². The van der Waals surface area contributed by atoms with Crippen molar-refractivity contribution < 1.29 is 8.85 Å². The van der Waals surface area contributed by atoms with Crippen LogP contribution in [0, 0.1) is 11.8 Å². The van der Waals surface area contributed by atoms with E-state index >= 15 is 0 Å². The third-order valence-corrected chi connectivity index (χ3v) is 5.27. The van der Waals surface area contributed by atoms with E-state index in [1.54, 1.807) is 18.9 Å². The minimum Gasteiger partial charge on any atom is -0.529 e. The Hall–Kier alpha value is -0.543. The van der Waals surface area contributed by atoms with Gasteiger partial charge < -0.3 is 8.85 Å². The maximum absolute atomic E-state index is 5.61. The van der Waals surface area contributed by atoms with Gasteiger partial charge in [0.05, 0.1) is 6.26 Å². The summed E-state index contributed by atoms with van der Waals surface area (Å²) in [5, 5.41) is 0. The molecule has 2 rings (SSSR count). The lowest BCUT2D eigenvalue weighted by Crippen LogP contribution is -2.20. The van der Waals surface area contributed by atoms with E-state index in [-0.39, 0.29) is 0 Å². The van der Waals surface area contributed by atoms with Crippen molar-refractivity contribution in [2.24, 2.45) is 11.8 Å². The molecule has 0 aliphatic heterocycles. The average Bonchev–Trinajstić information content (AvgIpc) is 2.85. The zero-order valence-electron chi connectivity index (χ0n) is 9.61. The van der Waals surface area contributed by atoms with Gasteiger partial charge in [-0.05, 0) is 38.0 Å². The Morgan fingerprint density at radius 3 is 2.93 bits per heavy atom. The largest absolute Gasteiger partial charge is 0.529 e. The summed E-state index contributed by atoms with van der Waals surface area (Å²) >= 11 is 0. The van der Waals surface area contributed by atoms with Crippen LogP contribution in [0.5, 0.6) is 0 Å². The van der Waals surface area contributed by atoms with Crippen molar-refractivity contribution in [1.29, 1.82) is 0 Å². The second-order valence-electron chi connectivity index (χ2n) is 4.49. The summed E-state index contributed by atoms with van der Waals surface area (Å²) in [4.78, 5) is 0. The minimum absolute atomic E-state index is 0.856. The number of rotatable bonds is 5. The third kappa shape index (κ3) is 2.52. The average molecular weight is 224 g/mol. The lowest BCUT2D eigenvalue weighted by Gasteiger charge is -2.17. The first-order valence-corrected chi connectivity index (χ1v) is 7.59. The number of hydrogen-bond donors (Lipinski definition) is 0. The van der Waals surface area contributed by atoms with Crippen LogP contribution in [0.3, 0.4) is 0 Å². The van der Waals surface area contributed by atoms with Gasteiger partial charge >= 0.3 is 9.28 Å². The normalized spacial score (nSPS) is 30.9. The molecule has 1 saturated carbocycles. The maximum atomic E-state index is 5.61. The number of fused-ring (bicyclic) bond motifs is 2. The van der Waals surface area contributed by atoms with Gasteiger partial charge in [-0.15, -0.1) is 0 Å². The SMILES string of the molecule is CC=CO[SiH](CC1=CC2CCC1C2)OC. The highest BCUT2D eigenvalue weighted by atomic mass is 28.3. The van der Waals surface area contributed by atoms with Crippen LogP contribution in [0.2, 0.25) is 6.04 Å². The van der Waals surface area contributed by atoms with Gasteiger partial charge in [0.25, 0.3) is 0 Å². The van der Waals surface area contributed by atoms with Gasteiger partial charge in [-0.2, -0.15) is 0 Å². The zero-order chi connectivity index (χ0) is 10.7. The molecule has 3 heteroatoms. The lowest BCUT2D eigenvalue weighted by molar-refractivity contribution is 0.307. The molecule has 2 bridgehead atoms. The van der Waals surface area contributed by atoms with Gasteiger partial charge in [0, 0.05) is 13.2 Å². The van der Waals surface area contributed by atoms with Gasteiger partial charge in [-0.25, -0.2) is 0 Å². The Morgan fingerprint density at radius 1 is 1.53 bits per heavy atom. The van der Waals surface area contributed by atoms with E-state index in [9.17, 15) is 0 Å². The van der Waals surface area contributed by atoms with Crippen molar-refractivity contribution in [3.8, 4) is 0 Å². The van der Waals surface area contributed by atoms with E-state index in [1.165, 1.54) is 19.3 Å². The minimum atomic E-state index is -1.47. The van der Waals surface area contributed by atoms with Crippen molar-refractivity contribution in [2.45, 2.75) is 32.2 Å². The topological polar surface area (TPSA) is 18.5 Å². The summed E-state index contributed by atoms with van der Waals surface area (Å²) in [5.41, 5.74) is 1.62. The number of hydrogen-bond acceptors (Lipinski definition) is 2. The van der Waals surface area contributed by atoms with Crippen LogP contribution >= 0.6 is 0 Å². The predicted molar refractivity (Wildman–Crippen MR) is 63.8 cm³/mol. The fourth-order valence-corrected chi connectivity index (χ4v) is 4.28. The molecule has 1 fully saturated rings. The predicted octanol–water partition coefficient (Wildman–Crippen LogP) is 2.76. The Morgan fingerprint density at radius 2 is 2.40 bits per heavy atom. The second-order valence-corrected chi connectivity index (χ2v) is 6.50. The fourth-order valence-electron chi connectivity index (χ4n) is 2.72. The molecule has 3 unspecified atom stereocenters. The second kappa shape index (κ2) is 4.99. The first-order chi connectivity index (χ1) is 7.33. The summed E-state index contributed by atoms with van der Waals surface area (Å²) in [6.07, 6.45) is 10.4. The molecule has 0 saturated heterocycles. The molecule has 3 atom stereocenters. The molecule has 15 heavy (non-hydrogen) atoms. The summed E-state index contributed by atoms with van der Waals surface area (Å²) in [6.45, 7) is 1.97. The van der Waals surface area contributed by atoms with Gasteiger partial charge in [0.15, 0.2) is 0 Å². The smallest absolute Gasteiger partial charge is 0.385 e. The van der Waals surface area contributed by atoms with Crippen molar-refractivity contribution in [1.82, 2.24) is 0 Å². The van der Waals surface area contributed by atoms with Crippen LogP contribution in [0.4, 0.5) is 0 Å². The molecule has 0 aromatic heterocycles. The van der Waals surface area contributed by atoms with Gasteiger partial charge in [-0.1, -0.05) is 17.7 Å². The standard InChI is InChI=1S/C12H20O2Si/c1-3-6-14-15(13-2)9-12-8-10-4-5-11(12)7-10/h3,6,8,10-11,15H,4-5,7,9H2,1-2H3. The molecule has 84 valence electrons. The third-order valence-electron chi connectivity index (χ3n) is 3.48. The van der Waals surface area contributed by atoms with Crippen LogP contribution in [0.25, 0.3) is 0 Å². The van der Waals surface area contributed by atoms with Gasteiger partial charge in [0.1, 0.15) is 0 Å². The summed E-state index contributed by atoms with van der Waals surface area (Å²) in [6, 6.07) is 1.07. The molecule has 0 N–H and O–H groups in total. The van der Waals surface area contributed by atoms with E-state index < -0.39 is 9.28 Å². The molecule has 2 aliphatic rings. The Labute approximate surface area is 93.8 Å². The van der Waals surface area contributed by atoms with Gasteiger partial charge in [0.2, 0.25) is 0 Å². The molecule has 0 aromatic carbocycles. The molecule has 0 aromatic rings. The van der Waals surface area contributed by atoms with Gasteiger partial charge in [-0.3, -0.25) is 0 Å². The molecule has 0 radical (unpaired) electrons. The zero-order valence-corrected chi connectivity index (χ0v) is 10.8. The molecule has 2 aliphatic carbocycles. The quantitative estimate of drug-likeness (QED) is 0.406. The molecule has 0 spiro atoms. The Kier molecular flexibility index (Phi) is 3.65. The highest BCUT2D eigenvalue weighted by Crippen LogP contribution is 2.45. The molecule has 0 amide bonds. The Balaban J connectivity index is 1.87. The molecular weight excluding hydrogens is 204 g/mol. The van der Waals surface area contributed by atoms with Crippen LogP contribution < -0.4 is 0 Å². The maximum Gasteiger partial charge on any atom is 0.385 e. The summed E-state index contributed by atoms with van der Waals surface area (Å²) in [7, 11) is 0.301. The van der Waals surface area contributed by atoms with Crippen LogP contribution in [-0.2, 0) is 8.85 Å². The first-order valence-electron chi connectivity index (χ1n) is 5.83. The fraction of sp³-hybridized carbons (Fsp3) is 0.667. The monoisotopic (exact) mass is 224 g/mol. The molecule has 2 nitrogen and oxygen atoms in total. The lowest BCUT2D eigenvalue weighted by atomic mass is 10.0. The highest BCUT2D eigenvalue weighted by Gasteiger charge is 2.34. The molecular formula is C12H20O2Si. The summed E-state index contributed by atoms with van der Waals surface area (Å²) in [5.74, 6) is 1.73. The first kappa shape index (κ1) is 11.0. The van der Waals surface area contributed by atoms with Crippen molar-refractivity contribution in [2.75, 3.05) is 7.11 Å². The van der Waals surface area contributed by atoms with Crippen LogP contribution in [0.1, 0.15) is 26.2 Å². The van der Waals surface area contributed by atoms with E-state index in [0.29, 0.717) is 0 Å². The van der Waals surface area contributed by atoms with Crippen LogP contribution in [-0.4, -0.2) is 16.4 Å². The van der Waals surface area contributed by atoms with E-state index in [0.717, 1.165) is 17.9 Å². The van der Waals surface area contributed by atoms with Crippen molar-refractivity contribution >= 4 is 9.28 Å². The van der Waals surface area contributed by atoms with E-state index in [1.807, 2.05) is 13.0 Å². The van der Waals surface area contributed by atoms with Crippen LogP contribution in [0.15, 0.2) is 24.0 Å². The Bertz CT molecular complexity index is 273. The van der Waals surface area contributed by atoms with Crippen molar-refractivity contribution in [3.05, 3.63) is 24.0 Å². The summed E-state index contributed by atoms with van der Waals surface area (Å²) < 4.78 is 11.1.